The lowest BCUT2D eigenvalue weighted by atomic mass is 10.1. The van der Waals surface area contributed by atoms with E-state index in [1.165, 1.54) is 0 Å². The molecule has 4 N–H and O–H groups in total. The van der Waals surface area contributed by atoms with Gasteiger partial charge < -0.3 is 20.2 Å². The Morgan fingerprint density at radius 3 is 2.76 bits per heavy atom. The van der Waals surface area contributed by atoms with E-state index in [9.17, 15) is 5.11 Å². The summed E-state index contributed by atoms with van der Waals surface area (Å²) < 4.78 is 5.29. The second kappa shape index (κ2) is 12.2. The van der Waals surface area contributed by atoms with Crippen LogP contribution in [0.2, 0.25) is 0 Å². The fourth-order valence-electron chi connectivity index (χ4n) is 2.70. The Kier molecular flexibility index (Phi) is 9.65. The van der Waals surface area contributed by atoms with Crippen molar-refractivity contribution in [2.24, 2.45) is 4.99 Å². The lowest BCUT2D eigenvalue weighted by Crippen LogP contribution is -2.38. The van der Waals surface area contributed by atoms with Crippen molar-refractivity contribution in [2.75, 3.05) is 19.6 Å². The van der Waals surface area contributed by atoms with Crippen LogP contribution < -0.4 is 10.6 Å². The van der Waals surface area contributed by atoms with Gasteiger partial charge in [0.05, 0.1) is 12.4 Å². The van der Waals surface area contributed by atoms with Gasteiger partial charge in [0.15, 0.2) is 11.7 Å². The van der Waals surface area contributed by atoms with E-state index in [1.54, 1.807) is 12.3 Å². The molecule has 1 atom stereocenters. The number of aliphatic imine (C=N–C) groups is 1. The third kappa shape index (κ3) is 7.17. The molecule has 2 aromatic heterocycles. The van der Waals surface area contributed by atoms with Crippen LogP contribution >= 0.6 is 24.0 Å². The summed E-state index contributed by atoms with van der Waals surface area (Å²) in [4.78, 5) is 8.95. The topological polar surface area (TPSA) is 111 Å². The zero-order valence-corrected chi connectivity index (χ0v) is 18.7. The van der Waals surface area contributed by atoms with Crippen LogP contribution in [-0.2, 0) is 6.42 Å². The Bertz CT molecular complexity index is 851. The molecule has 0 aliphatic carbocycles. The summed E-state index contributed by atoms with van der Waals surface area (Å²) >= 11 is 0. The molecule has 0 saturated carbocycles. The summed E-state index contributed by atoms with van der Waals surface area (Å²) in [5, 5.41) is 23.8. The van der Waals surface area contributed by atoms with Crippen molar-refractivity contribution in [1.29, 1.82) is 0 Å². The number of hydrogen-bond acceptors (Lipinski definition) is 5. The lowest BCUT2D eigenvalue weighted by Gasteiger charge is -2.12. The average Bonchev–Trinajstić information content (AvgIpc) is 3.40. The number of halogens is 1. The molecule has 1 unspecified atom stereocenters. The third-order valence-corrected chi connectivity index (χ3v) is 4.13. The van der Waals surface area contributed by atoms with E-state index in [-0.39, 0.29) is 24.0 Å². The molecule has 8 nitrogen and oxygen atoms in total. The third-order valence-electron chi connectivity index (χ3n) is 4.13. The van der Waals surface area contributed by atoms with Crippen LogP contribution in [0.1, 0.15) is 30.8 Å². The smallest absolute Gasteiger partial charge is 0.216 e. The highest BCUT2D eigenvalue weighted by Crippen LogP contribution is 2.16. The fraction of sp³-hybridized carbons (Fsp3) is 0.350. The first-order valence-electron chi connectivity index (χ1n) is 9.46. The van der Waals surface area contributed by atoms with E-state index >= 15 is 0 Å². The Balaban J connectivity index is 0.00000300. The Labute approximate surface area is 187 Å². The van der Waals surface area contributed by atoms with Gasteiger partial charge in [-0.15, -0.1) is 24.0 Å². The number of aliphatic hydroxyl groups is 1. The number of aromatic amines is 1. The average molecular weight is 510 g/mol. The van der Waals surface area contributed by atoms with E-state index in [1.807, 2.05) is 43.3 Å². The molecule has 0 aliphatic heterocycles. The maximum absolute atomic E-state index is 10.2. The van der Waals surface area contributed by atoms with E-state index in [4.69, 9.17) is 4.42 Å². The van der Waals surface area contributed by atoms with Crippen molar-refractivity contribution in [3.8, 4) is 11.6 Å². The van der Waals surface area contributed by atoms with Crippen molar-refractivity contribution in [3.05, 3.63) is 60.1 Å². The van der Waals surface area contributed by atoms with Crippen molar-refractivity contribution in [2.45, 2.75) is 25.9 Å². The highest BCUT2D eigenvalue weighted by Gasteiger charge is 2.09. The van der Waals surface area contributed by atoms with Gasteiger partial charge in [-0.05, 0) is 31.0 Å². The number of rotatable bonds is 9. The van der Waals surface area contributed by atoms with Crippen LogP contribution in [0, 0.1) is 0 Å². The SMILES string of the molecule is CCNC(=NCCC(O)c1ccccc1)NCCc1nc(-c2ccco2)n[nH]1.I. The maximum atomic E-state index is 10.2. The van der Waals surface area contributed by atoms with Gasteiger partial charge in [0.2, 0.25) is 5.82 Å². The molecule has 3 aromatic rings. The standard InChI is InChI=1S/C20H26N6O2.HI/c1-2-21-20(22-12-10-16(27)15-7-4-3-5-8-15)23-13-11-18-24-19(26-25-18)17-9-6-14-28-17;/h3-9,14,16,27H,2,10-13H2,1H3,(H2,21,22,23)(H,24,25,26);1H. The molecule has 0 bridgehead atoms. The Morgan fingerprint density at radius 2 is 2.03 bits per heavy atom. The van der Waals surface area contributed by atoms with Gasteiger partial charge in [-0.2, -0.15) is 5.10 Å². The van der Waals surface area contributed by atoms with Gasteiger partial charge in [0.25, 0.3) is 0 Å². The zero-order valence-electron chi connectivity index (χ0n) is 16.3. The minimum atomic E-state index is -0.512. The maximum Gasteiger partial charge on any atom is 0.216 e. The number of furan rings is 1. The molecule has 29 heavy (non-hydrogen) atoms. The summed E-state index contributed by atoms with van der Waals surface area (Å²) in [7, 11) is 0. The van der Waals surface area contributed by atoms with Gasteiger partial charge in [0, 0.05) is 26.1 Å². The van der Waals surface area contributed by atoms with Crippen LogP contribution in [0.15, 0.2) is 58.1 Å². The first-order chi connectivity index (χ1) is 13.8. The van der Waals surface area contributed by atoms with E-state index in [0.717, 1.165) is 17.9 Å². The summed E-state index contributed by atoms with van der Waals surface area (Å²) in [5.41, 5.74) is 0.911. The fourth-order valence-corrected chi connectivity index (χ4v) is 2.70. The van der Waals surface area contributed by atoms with Crippen molar-refractivity contribution in [1.82, 2.24) is 25.8 Å². The molecule has 0 saturated heterocycles. The molecular formula is C20H27IN6O2. The minimum absolute atomic E-state index is 0. The number of nitrogens with zero attached hydrogens (tertiary/aromatic N) is 3. The number of H-pyrrole nitrogens is 1. The van der Waals surface area contributed by atoms with Gasteiger partial charge in [-0.1, -0.05) is 30.3 Å². The van der Waals surface area contributed by atoms with Crippen LogP contribution in [0.3, 0.4) is 0 Å². The summed E-state index contributed by atoms with van der Waals surface area (Å²) in [6, 6.07) is 13.3. The number of aromatic nitrogens is 3. The molecule has 0 spiro atoms. The molecule has 3 rings (SSSR count). The molecular weight excluding hydrogens is 483 g/mol. The quantitative estimate of drug-likeness (QED) is 0.200. The van der Waals surface area contributed by atoms with Crippen LogP contribution in [0.5, 0.6) is 0 Å². The second-order valence-electron chi connectivity index (χ2n) is 6.24. The van der Waals surface area contributed by atoms with Gasteiger partial charge >= 0.3 is 0 Å². The van der Waals surface area contributed by atoms with Crippen molar-refractivity contribution < 1.29 is 9.52 Å². The Morgan fingerprint density at radius 1 is 1.21 bits per heavy atom. The minimum Gasteiger partial charge on any atom is -0.461 e. The van der Waals surface area contributed by atoms with Crippen molar-refractivity contribution in [3.63, 3.8) is 0 Å². The number of benzene rings is 1. The number of nitrogens with one attached hydrogen (secondary N) is 3. The van der Waals surface area contributed by atoms with Crippen LogP contribution in [0.25, 0.3) is 11.6 Å². The number of guanidine groups is 1. The molecule has 0 amide bonds. The molecule has 156 valence electrons. The first-order valence-corrected chi connectivity index (χ1v) is 9.46. The van der Waals surface area contributed by atoms with Crippen LogP contribution in [-0.4, -0.2) is 45.9 Å². The first kappa shape index (κ1) is 22.9. The van der Waals surface area contributed by atoms with E-state index < -0.39 is 6.10 Å². The molecule has 0 aliphatic rings. The second-order valence-corrected chi connectivity index (χ2v) is 6.24. The normalized spacial score (nSPS) is 12.3. The van der Waals surface area contributed by atoms with Gasteiger partial charge in [0.1, 0.15) is 5.82 Å². The Hall–Kier alpha value is -2.40. The monoisotopic (exact) mass is 510 g/mol. The molecule has 9 heteroatoms. The number of hydrogen-bond donors (Lipinski definition) is 4. The number of aliphatic hydroxyl groups excluding tert-OH is 1. The predicted octanol–water partition coefficient (Wildman–Crippen LogP) is 2.90. The summed E-state index contributed by atoms with van der Waals surface area (Å²) in [6.07, 6.45) is 2.32. The summed E-state index contributed by atoms with van der Waals surface area (Å²) in [5.74, 6) is 2.68. The highest BCUT2D eigenvalue weighted by molar-refractivity contribution is 14.0. The van der Waals surface area contributed by atoms with Gasteiger partial charge in [-0.3, -0.25) is 10.1 Å². The van der Waals surface area contributed by atoms with E-state index in [2.05, 4.69) is 30.8 Å². The van der Waals surface area contributed by atoms with E-state index in [0.29, 0.717) is 43.5 Å². The highest BCUT2D eigenvalue weighted by atomic mass is 127. The van der Waals surface area contributed by atoms with Crippen LogP contribution in [0.4, 0.5) is 0 Å². The van der Waals surface area contributed by atoms with Gasteiger partial charge in [-0.25, -0.2) is 4.98 Å². The summed E-state index contributed by atoms with van der Waals surface area (Å²) in [6.45, 7) is 3.95. The zero-order chi connectivity index (χ0) is 19.6. The predicted molar refractivity (Wildman–Crippen MR) is 123 cm³/mol. The molecule has 0 radical (unpaired) electrons. The van der Waals surface area contributed by atoms with Crippen molar-refractivity contribution >= 4 is 29.9 Å². The lowest BCUT2D eigenvalue weighted by molar-refractivity contribution is 0.170. The largest absolute Gasteiger partial charge is 0.461 e. The molecule has 1 aromatic carbocycles. The molecule has 2 heterocycles. The molecule has 0 fully saturated rings.